The fraction of sp³-hybridized carbons (Fsp3) is 0.250. The lowest BCUT2D eigenvalue weighted by molar-refractivity contribution is 0.218. The van der Waals surface area contributed by atoms with Crippen LogP contribution < -0.4 is 5.30 Å². The van der Waals surface area contributed by atoms with E-state index < -0.39 is 8.30 Å². The summed E-state index contributed by atoms with van der Waals surface area (Å²) in [7, 11) is 1.49. The Labute approximate surface area is 115 Å². The minimum absolute atomic E-state index is 0.164. The Morgan fingerprint density at radius 3 is 2.16 bits per heavy atom. The zero-order valence-corrected chi connectivity index (χ0v) is 12.1. The quantitative estimate of drug-likeness (QED) is 0.772. The second-order valence-electron chi connectivity index (χ2n) is 4.86. The second-order valence-corrected chi connectivity index (χ2v) is 6.76. The molecule has 3 unspecified atom stereocenters. The van der Waals surface area contributed by atoms with E-state index in [2.05, 4.69) is 67.2 Å². The average Bonchev–Trinajstić information content (AvgIpc) is 2.77. The van der Waals surface area contributed by atoms with Crippen LogP contribution in [-0.2, 0) is 4.52 Å². The fourth-order valence-electron chi connectivity index (χ4n) is 2.41. The summed E-state index contributed by atoms with van der Waals surface area (Å²) in [6.45, 7) is 2.24. The predicted molar refractivity (Wildman–Crippen MR) is 80.5 cm³/mol. The summed E-state index contributed by atoms with van der Waals surface area (Å²) in [5, 5.41) is 1.28. The van der Waals surface area contributed by atoms with Gasteiger partial charge in [-0.25, -0.2) is 0 Å². The highest BCUT2D eigenvalue weighted by Crippen LogP contribution is 2.54. The number of likely N-dealkylation sites (N-methyl/N-ethyl adjacent to an activating group) is 1. The normalized spacial score (nSPS) is 27.6. The molecule has 2 nitrogen and oxygen atoms in total. The lowest BCUT2D eigenvalue weighted by Crippen LogP contribution is -2.24. The van der Waals surface area contributed by atoms with Gasteiger partial charge in [0.25, 0.3) is 0 Å². The molecular weight excluding hydrogens is 253 g/mol. The molecule has 0 radical (unpaired) electrons. The van der Waals surface area contributed by atoms with Crippen molar-refractivity contribution in [2.75, 3.05) is 7.05 Å². The number of hydrogen-bond acceptors (Lipinski definition) is 2. The molecule has 3 rings (SSSR count). The van der Waals surface area contributed by atoms with Crippen molar-refractivity contribution in [3.8, 4) is 0 Å². The van der Waals surface area contributed by atoms with E-state index in [0.717, 1.165) is 0 Å². The summed E-state index contributed by atoms with van der Waals surface area (Å²) in [5.41, 5.74) is 1.27. The fourth-order valence-corrected chi connectivity index (χ4v) is 4.44. The monoisotopic (exact) mass is 271 g/mol. The zero-order chi connectivity index (χ0) is 13.2. The second kappa shape index (κ2) is 5.42. The van der Waals surface area contributed by atoms with Gasteiger partial charge in [0.15, 0.2) is 0 Å². The van der Waals surface area contributed by atoms with Crippen molar-refractivity contribution in [1.82, 2.24) is 4.67 Å². The molecule has 3 heteroatoms. The summed E-state index contributed by atoms with van der Waals surface area (Å²) in [6, 6.07) is 21.4. The molecule has 3 atom stereocenters. The standard InChI is InChI=1S/C16H18NOP/c1-13-16(14-9-5-3-6-10-14)18-19(17(13)2)15-11-7-4-8-12-15/h3-13,16H,1-2H3. The maximum Gasteiger partial charge on any atom is 0.138 e. The van der Waals surface area contributed by atoms with Gasteiger partial charge in [-0.3, -0.25) is 4.67 Å². The summed E-state index contributed by atoms with van der Waals surface area (Å²) in [4.78, 5) is 0. The molecule has 0 N–H and O–H groups in total. The molecule has 0 aliphatic carbocycles. The molecule has 0 amide bonds. The summed E-state index contributed by atoms with van der Waals surface area (Å²) >= 11 is 0. The van der Waals surface area contributed by atoms with Crippen LogP contribution in [0.4, 0.5) is 0 Å². The Balaban J connectivity index is 1.88. The third kappa shape index (κ3) is 2.44. The van der Waals surface area contributed by atoms with Crippen molar-refractivity contribution >= 4 is 13.6 Å². The van der Waals surface area contributed by atoms with Gasteiger partial charge in [0, 0.05) is 11.3 Å². The highest BCUT2D eigenvalue weighted by atomic mass is 31.2. The van der Waals surface area contributed by atoms with Crippen LogP contribution in [0.25, 0.3) is 0 Å². The Kier molecular flexibility index (Phi) is 3.65. The van der Waals surface area contributed by atoms with Crippen molar-refractivity contribution < 1.29 is 4.52 Å². The van der Waals surface area contributed by atoms with Gasteiger partial charge in [-0.2, -0.15) is 0 Å². The van der Waals surface area contributed by atoms with Crippen molar-refractivity contribution in [2.45, 2.75) is 19.1 Å². The summed E-state index contributed by atoms with van der Waals surface area (Å²) in [5.74, 6) is 0. The Morgan fingerprint density at radius 1 is 0.947 bits per heavy atom. The average molecular weight is 271 g/mol. The van der Waals surface area contributed by atoms with Crippen LogP contribution in [0.1, 0.15) is 18.6 Å². The molecule has 2 aromatic carbocycles. The molecular formula is C16H18NOP. The molecule has 0 aromatic heterocycles. The molecule has 1 saturated heterocycles. The third-order valence-corrected chi connectivity index (χ3v) is 5.74. The van der Waals surface area contributed by atoms with E-state index in [9.17, 15) is 0 Å². The smallest absolute Gasteiger partial charge is 0.138 e. The molecule has 1 heterocycles. The molecule has 1 aliphatic heterocycles. The summed E-state index contributed by atoms with van der Waals surface area (Å²) in [6.07, 6.45) is 0.164. The minimum Gasteiger partial charge on any atom is -0.330 e. The number of nitrogens with zero attached hydrogens (tertiary/aromatic N) is 1. The van der Waals surface area contributed by atoms with Crippen molar-refractivity contribution in [3.63, 3.8) is 0 Å². The molecule has 2 aromatic rings. The highest BCUT2D eigenvalue weighted by molar-refractivity contribution is 7.58. The van der Waals surface area contributed by atoms with Crippen LogP contribution in [0.3, 0.4) is 0 Å². The first-order valence-corrected chi connectivity index (χ1v) is 7.78. The SMILES string of the molecule is CC1C(c2ccccc2)OP(c2ccccc2)N1C. The Morgan fingerprint density at radius 2 is 1.53 bits per heavy atom. The largest absolute Gasteiger partial charge is 0.330 e. The van der Waals surface area contributed by atoms with E-state index in [0.29, 0.717) is 6.04 Å². The number of benzene rings is 2. The Bertz CT molecular complexity index is 481. The molecule has 0 bridgehead atoms. The van der Waals surface area contributed by atoms with Gasteiger partial charge in [-0.1, -0.05) is 60.7 Å². The molecule has 98 valence electrons. The molecule has 19 heavy (non-hydrogen) atoms. The molecule has 1 aliphatic rings. The first kappa shape index (κ1) is 12.8. The lowest BCUT2D eigenvalue weighted by Gasteiger charge is -2.20. The van der Waals surface area contributed by atoms with Gasteiger partial charge in [0.2, 0.25) is 0 Å². The van der Waals surface area contributed by atoms with Crippen molar-refractivity contribution in [1.29, 1.82) is 0 Å². The van der Waals surface area contributed by atoms with Gasteiger partial charge < -0.3 is 4.52 Å². The van der Waals surface area contributed by atoms with E-state index in [1.54, 1.807) is 0 Å². The topological polar surface area (TPSA) is 12.5 Å². The van der Waals surface area contributed by atoms with E-state index in [1.165, 1.54) is 10.9 Å². The van der Waals surface area contributed by atoms with Gasteiger partial charge in [-0.15, -0.1) is 0 Å². The van der Waals surface area contributed by atoms with Crippen molar-refractivity contribution in [2.24, 2.45) is 0 Å². The number of hydrogen-bond donors (Lipinski definition) is 0. The van der Waals surface area contributed by atoms with E-state index in [4.69, 9.17) is 4.52 Å². The number of rotatable bonds is 2. The minimum atomic E-state index is -0.670. The molecule has 0 spiro atoms. The zero-order valence-electron chi connectivity index (χ0n) is 11.2. The highest BCUT2D eigenvalue weighted by Gasteiger charge is 2.39. The van der Waals surface area contributed by atoms with Crippen LogP contribution in [0.2, 0.25) is 0 Å². The maximum absolute atomic E-state index is 6.35. The van der Waals surface area contributed by atoms with E-state index >= 15 is 0 Å². The van der Waals surface area contributed by atoms with Crippen LogP contribution in [0.15, 0.2) is 60.7 Å². The van der Waals surface area contributed by atoms with E-state index in [1.807, 2.05) is 12.1 Å². The van der Waals surface area contributed by atoms with Crippen LogP contribution in [-0.4, -0.2) is 17.8 Å². The summed E-state index contributed by atoms with van der Waals surface area (Å²) < 4.78 is 8.71. The first-order chi connectivity index (χ1) is 9.27. The molecule has 1 fully saturated rings. The maximum atomic E-state index is 6.35. The van der Waals surface area contributed by atoms with Crippen LogP contribution in [0.5, 0.6) is 0 Å². The van der Waals surface area contributed by atoms with Gasteiger partial charge in [0.1, 0.15) is 14.4 Å². The van der Waals surface area contributed by atoms with Crippen LogP contribution >= 0.6 is 8.30 Å². The first-order valence-electron chi connectivity index (χ1n) is 6.57. The van der Waals surface area contributed by atoms with Gasteiger partial charge in [-0.05, 0) is 19.5 Å². The van der Waals surface area contributed by atoms with E-state index in [-0.39, 0.29) is 6.10 Å². The predicted octanol–water partition coefficient (Wildman–Crippen LogP) is 3.72. The van der Waals surface area contributed by atoms with Crippen molar-refractivity contribution in [3.05, 3.63) is 66.2 Å². The van der Waals surface area contributed by atoms with Crippen LogP contribution in [0, 0.1) is 0 Å². The van der Waals surface area contributed by atoms with Gasteiger partial charge in [0.05, 0.1) is 0 Å². The van der Waals surface area contributed by atoms with Gasteiger partial charge >= 0.3 is 0 Å². The Hall–Kier alpha value is -1.21. The third-order valence-electron chi connectivity index (χ3n) is 3.63. The lowest BCUT2D eigenvalue weighted by atomic mass is 10.0. The molecule has 0 saturated carbocycles.